The summed E-state index contributed by atoms with van der Waals surface area (Å²) in [4.78, 5) is 13.7. The Kier molecular flexibility index (Phi) is 6.80. The van der Waals surface area contributed by atoms with Crippen LogP contribution >= 0.6 is 0 Å². The summed E-state index contributed by atoms with van der Waals surface area (Å²) in [6.07, 6.45) is 5.28. The van der Waals surface area contributed by atoms with Crippen molar-refractivity contribution in [2.24, 2.45) is 0 Å². The fourth-order valence-electron chi connectivity index (χ4n) is 3.78. The first-order valence-electron chi connectivity index (χ1n) is 10.1. The Balaban J connectivity index is 1.56. The molecule has 2 heterocycles. The molecule has 1 aromatic carbocycles. The van der Waals surface area contributed by atoms with Crippen LogP contribution < -0.4 is 10.2 Å². The molecule has 1 aromatic heterocycles. The molecule has 2 aromatic rings. The average molecular weight is 368 g/mol. The largest absolute Gasteiger partial charge is 0.356 e. The molecule has 146 valence electrons. The molecule has 1 aliphatic rings. The molecule has 5 heteroatoms. The Hall–Kier alpha value is -1.98. The molecule has 0 amide bonds. The number of aromatic nitrogens is 2. The van der Waals surface area contributed by atoms with Crippen LogP contribution in [0.5, 0.6) is 0 Å². The molecule has 27 heavy (non-hydrogen) atoms. The van der Waals surface area contributed by atoms with Gasteiger partial charge in [0.1, 0.15) is 11.6 Å². The Labute approximate surface area is 163 Å². The summed E-state index contributed by atoms with van der Waals surface area (Å²) in [7, 11) is 4.25. The number of anilines is 1. The minimum atomic E-state index is 0.571. The highest BCUT2D eigenvalue weighted by Crippen LogP contribution is 2.22. The summed E-state index contributed by atoms with van der Waals surface area (Å²) in [5.74, 6) is 2.00. The second-order valence-corrected chi connectivity index (χ2v) is 7.77. The number of nitrogens with one attached hydrogen (secondary N) is 1. The maximum atomic E-state index is 4.72. The van der Waals surface area contributed by atoms with E-state index < -0.39 is 0 Å². The molecule has 1 N–H and O–H groups in total. The highest BCUT2D eigenvalue weighted by Gasteiger charge is 2.22. The third-order valence-electron chi connectivity index (χ3n) is 5.32. The van der Waals surface area contributed by atoms with Crippen LogP contribution in [0.2, 0.25) is 0 Å². The summed E-state index contributed by atoms with van der Waals surface area (Å²) in [6.45, 7) is 8.20. The first-order valence-corrected chi connectivity index (χ1v) is 10.1. The fraction of sp³-hybridized carbons (Fsp3) is 0.545. The van der Waals surface area contributed by atoms with Gasteiger partial charge in [-0.3, -0.25) is 0 Å². The van der Waals surface area contributed by atoms with Gasteiger partial charge in [0, 0.05) is 44.0 Å². The Morgan fingerprint density at radius 2 is 1.81 bits per heavy atom. The highest BCUT2D eigenvalue weighted by atomic mass is 15.2. The quantitative estimate of drug-likeness (QED) is 0.814. The van der Waals surface area contributed by atoms with Gasteiger partial charge in [-0.05, 0) is 51.4 Å². The predicted molar refractivity (Wildman–Crippen MR) is 112 cm³/mol. The van der Waals surface area contributed by atoms with Crippen molar-refractivity contribution in [3.05, 3.63) is 53.0 Å². The lowest BCUT2D eigenvalue weighted by Gasteiger charge is -2.34. The van der Waals surface area contributed by atoms with Crippen LogP contribution in [0.4, 0.5) is 5.82 Å². The summed E-state index contributed by atoms with van der Waals surface area (Å²) in [6, 6.07) is 9.33. The van der Waals surface area contributed by atoms with E-state index in [4.69, 9.17) is 4.98 Å². The zero-order valence-electron chi connectivity index (χ0n) is 17.2. The van der Waals surface area contributed by atoms with Crippen molar-refractivity contribution in [3.63, 3.8) is 0 Å². The van der Waals surface area contributed by atoms with Crippen LogP contribution in [-0.4, -0.2) is 48.1 Å². The molecule has 1 aliphatic heterocycles. The van der Waals surface area contributed by atoms with Gasteiger partial charge >= 0.3 is 0 Å². The van der Waals surface area contributed by atoms with Gasteiger partial charge in [0.15, 0.2) is 0 Å². The molecule has 0 aliphatic carbocycles. The van der Waals surface area contributed by atoms with Crippen molar-refractivity contribution in [3.8, 4) is 0 Å². The molecular weight excluding hydrogens is 334 g/mol. The first kappa shape index (κ1) is 19.8. The zero-order valence-corrected chi connectivity index (χ0v) is 17.2. The van der Waals surface area contributed by atoms with Crippen molar-refractivity contribution in [2.75, 3.05) is 32.1 Å². The van der Waals surface area contributed by atoms with Crippen LogP contribution in [0.25, 0.3) is 0 Å². The molecular formula is C22H33N5. The van der Waals surface area contributed by atoms with Crippen molar-refractivity contribution >= 4 is 5.82 Å². The third-order valence-corrected chi connectivity index (χ3v) is 5.32. The topological polar surface area (TPSA) is 44.3 Å². The van der Waals surface area contributed by atoms with E-state index in [0.29, 0.717) is 6.04 Å². The number of piperidine rings is 1. The van der Waals surface area contributed by atoms with Crippen molar-refractivity contribution in [1.29, 1.82) is 0 Å². The van der Waals surface area contributed by atoms with Gasteiger partial charge < -0.3 is 15.1 Å². The van der Waals surface area contributed by atoms with Gasteiger partial charge in [0.25, 0.3) is 0 Å². The summed E-state index contributed by atoms with van der Waals surface area (Å²) in [5, 5.41) is 3.79. The smallest absolute Gasteiger partial charge is 0.135 e. The van der Waals surface area contributed by atoms with E-state index in [2.05, 4.69) is 65.4 Å². The van der Waals surface area contributed by atoms with E-state index in [1.165, 1.54) is 16.7 Å². The van der Waals surface area contributed by atoms with Crippen LogP contribution in [-0.2, 0) is 19.5 Å². The van der Waals surface area contributed by atoms with Crippen molar-refractivity contribution in [2.45, 2.75) is 52.2 Å². The van der Waals surface area contributed by atoms with Crippen LogP contribution in [0, 0.1) is 6.92 Å². The number of hydrogen-bond acceptors (Lipinski definition) is 5. The molecule has 1 fully saturated rings. The zero-order chi connectivity index (χ0) is 19.2. The second-order valence-electron chi connectivity index (χ2n) is 7.77. The summed E-state index contributed by atoms with van der Waals surface area (Å²) >= 11 is 0. The minimum Gasteiger partial charge on any atom is -0.356 e. The molecule has 0 unspecified atom stereocenters. The van der Waals surface area contributed by atoms with Gasteiger partial charge in [-0.25, -0.2) is 9.97 Å². The second kappa shape index (κ2) is 9.29. The molecule has 0 atom stereocenters. The molecule has 5 nitrogen and oxygen atoms in total. The van der Waals surface area contributed by atoms with E-state index in [0.717, 1.165) is 57.1 Å². The number of benzene rings is 1. The molecule has 3 rings (SSSR count). The SMILES string of the molecule is CCc1cnc(C)nc1N1CCC(NCc2ccccc2CN(C)C)CC1. The molecule has 0 bridgehead atoms. The molecule has 0 radical (unpaired) electrons. The lowest BCUT2D eigenvalue weighted by atomic mass is 10.0. The lowest BCUT2D eigenvalue weighted by Crippen LogP contribution is -2.43. The predicted octanol–water partition coefficient (Wildman–Crippen LogP) is 3.17. The Bertz CT molecular complexity index is 735. The summed E-state index contributed by atoms with van der Waals surface area (Å²) < 4.78 is 0. The van der Waals surface area contributed by atoms with Gasteiger partial charge in [0.05, 0.1) is 0 Å². The highest BCUT2D eigenvalue weighted by molar-refractivity contribution is 5.46. The third kappa shape index (κ3) is 5.27. The number of rotatable bonds is 7. The minimum absolute atomic E-state index is 0.571. The molecule has 0 saturated carbocycles. The Morgan fingerprint density at radius 1 is 1.11 bits per heavy atom. The van der Waals surface area contributed by atoms with E-state index in [1.807, 2.05) is 13.1 Å². The van der Waals surface area contributed by atoms with E-state index in [-0.39, 0.29) is 0 Å². The van der Waals surface area contributed by atoms with Crippen LogP contribution in [0.1, 0.15) is 42.3 Å². The van der Waals surface area contributed by atoms with Crippen LogP contribution in [0.15, 0.2) is 30.5 Å². The van der Waals surface area contributed by atoms with Crippen LogP contribution in [0.3, 0.4) is 0 Å². The summed E-state index contributed by atoms with van der Waals surface area (Å²) in [5.41, 5.74) is 4.08. The number of hydrogen-bond donors (Lipinski definition) is 1. The lowest BCUT2D eigenvalue weighted by molar-refractivity contribution is 0.393. The molecule has 0 spiro atoms. The fourth-order valence-corrected chi connectivity index (χ4v) is 3.78. The van der Waals surface area contributed by atoms with Gasteiger partial charge in [-0.1, -0.05) is 31.2 Å². The van der Waals surface area contributed by atoms with Gasteiger partial charge in [0.2, 0.25) is 0 Å². The van der Waals surface area contributed by atoms with E-state index in [9.17, 15) is 0 Å². The molecule has 1 saturated heterocycles. The van der Waals surface area contributed by atoms with E-state index >= 15 is 0 Å². The monoisotopic (exact) mass is 367 g/mol. The van der Waals surface area contributed by atoms with Crippen molar-refractivity contribution < 1.29 is 0 Å². The standard InChI is InChI=1S/C22H33N5/c1-5-18-14-23-17(2)25-22(18)27-12-10-21(11-13-27)24-15-19-8-6-7-9-20(19)16-26(3)4/h6-9,14,21,24H,5,10-13,15-16H2,1-4H3. The van der Waals surface area contributed by atoms with E-state index in [1.54, 1.807) is 0 Å². The normalized spacial score (nSPS) is 15.5. The number of nitrogens with zero attached hydrogens (tertiary/aromatic N) is 4. The van der Waals surface area contributed by atoms with Gasteiger partial charge in [-0.2, -0.15) is 0 Å². The average Bonchev–Trinajstić information content (AvgIpc) is 2.67. The van der Waals surface area contributed by atoms with Crippen molar-refractivity contribution in [1.82, 2.24) is 20.2 Å². The maximum absolute atomic E-state index is 4.72. The first-order chi connectivity index (χ1) is 13.1. The maximum Gasteiger partial charge on any atom is 0.135 e. The Morgan fingerprint density at radius 3 is 2.48 bits per heavy atom. The number of aryl methyl sites for hydroxylation is 2. The van der Waals surface area contributed by atoms with Gasteiger partial charge in [-0.15, -0.1) is 0 Å².